The van der Waals surface area contributed by atoms with E-state index in [1.165, 1.54) is 38.4 Å². The fourth-order valence-electron chi connectivity index (χ4n) is 2.57. The highest BCUT2D eigenvalue weighted by Crippen LogP contribution is 2.11. The monoisotopic (exact) mass is 353 g/mol. The summed E-state index contributed by atoms with van der Waals surface area (Å²) in [5.41, 5.74) is 0.732. The molecule has 0 fully saturated rings. The molecule has 1 aromatic rings. The van der Waals surface area contributed by atoms with Gasteiger partial charge in [-0.2, -0.15) is 4.98 Å². The first-order chi connectivity index (χ1) is 12.1. The van der Waals surface area contributed by atoms with Gasteiger partial charge in [-0.1, -0.05) is 51.4 Å². The lowest BCUT2D eigenvalue weighted by atomic mass is 10.1. The zero-order valence-corrected chi connectivity index (χ0v) is 15.2. The number of aromatic nitrogens is 1. The average molecular weight is 353 g/mol. The van der Waals surface area contributed by atoms with E-state index < -0.39 is 5.97 Å². The van der Waals surface area contributed by atoms with Gasteiger partial charge in [-0.15, -0.1) is 0 Å². The number of carbonyl (C=O) groups excluding carboxylic acids is 1. The summed E-state index contributed by atoms with van der Waals surface area (Å²) < 4.78 is 5.05. The number of hydrogen-bond donors (Lipinski definition) is 3. The standard InChI is InChI=1S/C18H31N3O4/c1-15-14-25-18(20-15)21-17(24)19-13-11-9-7-5-3-2-4-6-8-10-12-16(22)23/h14H,2-13H2,1H3,(H,22,23)(H2,19,20,21,24). The molecule has 0 unspecified atom stereocenters. The summed E-state index contributed by atoms with van der Waals surface area (Å²) in [6, 6.07) is -0.0669. The lowest BCUT2D eigenvalue weighted by molar-refractivity contribution is -0.137. The van der Waals surface area contributed by atoms with Crippen LogP contribution in [0.25, 0.3) is 0 Å². The zero-order valence-electron chi connectivity index (χ0n) is 15.2. The summed E-state index contributed by atoms with van der Waals surface area (Å²) in [5.74, 6) is -0.695. The van der Waals surface area contributed by atoms with Gasteiger partial charge in [-0.3, -0.25) is 10.1 Å². The van der Waals surface area contributed by atoms with Gasteiger partial charge in [0.25, 0.3) is 0 Å². The molecule has 0 aliphatic rings. The van der Waals surface area contributed by atoms with Crippen molar-refractivity contribution in [3.63, 3.8) is 0 Å². The van der Waals surface area contributed by atoms with Crippen LogP contribution in [0, 0.1) is 6.92 Å². The van der Waals surface area contributed by atoms with Crippen LogP contribution in [0.2, 0.25) is 0 Å². The Morgan fingerprint density at radius 3 is 2.08 bits per heavy atom. The van der Waals surface area contributed by atoms with Crippen LogP contribution in [0.15, 0.2) is 10.7 Å². The fourth-order valence-corrected chi connectivity index (χ4v) is 2.57. The van der Waals surface area contributed by atoms with Crippen LogP contribution < -0.4 is 10.6 Å². The van der Waals surface area contributed by atoms with E-state index in [0.717, 1.165) is 37.8 Å². The van der Waals surface area contributed by atoms with Gasteiger partial charge in [0.2, 0.25) is 0 Å². The molecule has 142 valence electrons. The van der Waals surface area contributed by atoms with E-state index in [2.05, 4.69) is 15.6 Å². The van der Waals surface area contributed by atoms with Gasteiger partial charge in [0.05, 0.1) is 5.69 Å². The van der Waals surface area contributed by atoms with Gasteiger partial charge >= 0.3 is 18.0 Å². The van der Waals surface area contributed by atoms with Crippen molar-refractivity contribution in [2.45, 2.75) is 77.6 Å². The van der Waals surface area contributed by atoms with E-state index in [4.69, 9.17) is 9.52 Å². The third-order valence-corrected chi connectivity index (χ3v) is 3.94. The van der Waals surface area contributed by atoms with Crippen LogP contribution in [-0.4, -0.2) is 28.6 Å². The fraction of sp³-hybridized carbons (Fsp3) is 0.722. The Hall–Kier alpha value is -2.05. The molecule has 0 spiro atoms. The molecule has 1 aromatic heterocycles. The van der Waals surface area contributed by atoms with E-state index in [9.17, 15) is 9.59 Å². The molecular formula is C18H31N3O4. The van der Waals surface area contributed by atoms with Gasteiger partial charge in [0.1, 0.15) is 6.26 Å². The van der Waals surface area contributed by atoms with E-state index in [1.807, 2.05) is 0 Å². The number of urea groups is 1. The summed E-state index contributed by atoms with van der Waals surface area (Å²) in [4.78, 5) is 26.0. The molecule has 0 aliphatic heterocycles. The Morgan fingerprint density at radius 1 is 1.00 bits per heavy atom. The van der Waals surface area contributed by atoms with E-state index in [0.29, 0.717) is 13.0 Å². The van der Waals surface area contributed by atoms with Crippen LogP contribution in [0.1, 0.15) is 76.3 Å². The second-order valence-corrected chi connectivity index (χ2v) is 6.35. The Balaban J connectivity index is 1.81. The van der Waals surface area contributed by atoms with Crippen molar-refractivity contribution in [1.29, 1.82) is 0 Å². The first-order valence-corrected chi connectivity index (χ1v) is 9.26. The van der Waals surface area contributed by atoms with E-state index in [-0.39, 0.29) is 12.0 Å². The molecule has 2 amide bonds. The summed E-state index contributed by atoms with van der Waals surface area (Å²) in [6.07, 6.45) is 12.9. The predicted octanol–water partition coefficient (Wildman–Crippen LogP) is 4.48. The van der Waals surface area contributed by atoms with Crippen LogP contribution in [0.3, 0.4) is 0 Å². The Labute approximate surface area is 149 Å². The lowest BCUT2D eigenvalue weighted by Crippen LogP contribution is -2.29. The van der Waals surface area contributed by atoms with Crippen molar-refractivity contribution >= 4 is 18.0 Å². The number of amides is 2. The lowest BCUT2D eigenvalue weighted by Gasteiger charge is -2.05. The number of nitrogens with one attached hydrogen (secondary N) is 2. The highest BCUT2D eigenvalue weighted by atomic mass is 16.4. The number of oxazole rings is 1. The number of unbranched alkanes of at least 4 members (excludes halogenated alkanes) is 9. The maximum Gasteiger partial charge on any atom is 0.322 e. The molecular weight excluding hydrogens is 322 g/mol. The number of anilines is 1. The molecule has 0 bridgehead atoms. The maximum atomic E-state index is 11.6. The minimum atomic E-state index is -0.695. The molecule has 25 heavy (non-hydrogen) atoms. The molecule has 1 heterocycles. The molecule has 0 aromatic carbocycles. The van der Waals surface area contributed by atoms with Crippen molar-refractivity contribution in [3.8, 4) is 0 Å². The smallest absolute Gasteiger partial charge is 0.322 e. The zero-order chi connectivity index (χ0) is 18.3. The molecule has 3 N–H and O–H groups in total. The molecule has 0 aliphatic carbocycles. The highest BCUT2D eigenvalue weighted by molar-refractivity contribution is 5.86. The second kappa shape index (κ2) is 13.3. The van der Waals surface area contributed by atoms with Gasteiger partial charge in [-0.05, 0) is 19.8 Å². The number of carboxylic acids is 1. The molecule has 1 rings (SSSR count). The Kier molecular flexibility index (Phi) is 11.1. The topological polar surface area (TPSA) is 104 Å². The van der Waals surface area contributed by atoms with Crippen LogP contribution in [-0.2, 0) is 4.79 Å². The van der Waals surface area contributed by atoms with Crippen LogP contribution in [0.5, 0.6) is 0 Å². The van der Waals surface area contributed by atoms with Crippen LogP contribution in [0.4, 0.5) is 10.8 Å². The van der Waals surface area contributed by atoms with Crippen LogP contribution >= 0.6 is 0 Å². The molecule has 7 nitrogen and oxygen atoms in total. The highest BCUT2D eigenvalue weighted by Gasteiger charge is 2.05. The van der Waals surface area contributed by atoms with Gasteiger partial charge in [0, 0.05) is 13.0 Å². The van der Waals surface area contributed by atoms with E-state index >= 15 is 0 Å². The third-order valence-electron chi connectivity index (χ3n) is 3.94. The second-order valence-electron chi connectivity index (χ2n) is 6.35. The van der Waals surface area contributed by atoms with Crippen molar-refractivity contribution in [3.05, 3.63) is 12.0 Å². The average Bonchev–Trinajstić information content (AvgIpc) is 2.96. The normalized spacial score (nSPS) is 10.6. The van der Waals surface area contributed by atoms with E-state index in [1.54, 1.807) is 6.92 Å². The molecule has 7 heteroatoms. The molecule has 0 radical (unpaired) electrons. The minimum absolute atomic E-state index is 0.220. The number of hydrogen-bond acceptors (Lipinski definition) is 4. The third kappa shape index (κ3) is 12.0. The van der Waals surface area contributed by atoms with Crippen molar-refractivity contribution in [2.75, 3.05) is 11.9 Å². The SMILES string of the molecule is Cc1coc(NC(=O)NCCCCCCCCCCCCC(=O)O)n1. The van der Waals surface area contributed by atoms with Gasteiger partial charge in [-0.25, -0.2) is 4.79 Å². The number of carboxylic acid groups (broad SMARTS) is 1. The van der Waals surface area contributed by atoms with Gasteiger partial charge in [0.15, 0.2) is 0 Å². The summed E-state index contributed by atoms with van der Waals surface area (Å²) in [7, 11) is 0. The van der Waals surface area contributed by atoms with Crippen molar-refractivity contribution < 1.29 is 19.1 Å². The first kappa shape index (κ1) is 21.0. The maximum absolute atomic E-state index is 11.6. The summed E-state index contributed by atoms with van der Waals surface area (Å²) >= 11 is 0. The number of aliphatic carboxylic acids is 1. The Morgan fingerprint density at radius 2 is 1.56 bits per heavy atom. The minimum Gasteiger partial charge on any atom is -0.481 e. The number of rotatable bonds is 14. The number of aryl methyl sites for hydroxylation is 1. The molecule has 0 atom stereocenters. The number of nitrogens with zero attached hydrogens (tertiary/aromatic N) is 1. The Bertz CT molecular complexity index is 502. The van der Waals surface area contributed by atoms with Crippen molar-refractivity contribution in [2.24, 2.45) is 0 Å². The summed E-state index contributed by atoms with van der Waals surface area (Å²) in [6.45, 7) is 2.45. The first-order valence-electron chi connectivity index (χ1n) is 9.26. The largest absolute Gasteiger partial charge is 0.481 e. The van der Waals surface area contributed by atoms with Gasteiger partial charge < -0.3 is 14.8 Å². The number of carbonyl (C=O) groups is 2. The predicted molar refractivity (Wildman–Crippen MR) is 96.7 cm³/mol. The molecule has 0 saturated heterocycles. The van der Waals surface area contributed by atoms with Crippen molar-refractivity contribution in [1.82, 2.24) is 10.3 Å². The quantitative estimate of drug-likeness (QED) is 0.428. The summed E-state index contributed by atoms with van der Waals surface area (Å²) in [5, 5.41) is 13.9. The molecule has 0 saturated carbocycles.